The Morgan fingerprint density at radius 1 is 0.500 bits per heavy atom. The summed E-state index contributed by atoms with van der Waals surface area (Å²) in [6.07, 6.45) is 4.15. The Labute approximate surface area is 437 Å². The normalized spacial score (nSPS) is 16.8. The van der Waals surface area contributed by atoms with Crippen LogP contribution in [0.5, 0.6) is 0 Å². The first-order chi connectivity index (χ1) is 35.2. The molecule has 2 aliphatic carbocycles. The third-order valence-corrected chi connectivity index (χ3v) is 18.1. The fourth-order valence-electron chi connectivity index (χ4n) is 13.8. The van der Waals surface area contributed by atoms with Crippen molar-refractivity contribution in [3.05, 3.63) is 185 Å². The van der Waals surface area contributed by atoms with Gasteiger partial charge in [-0.25, -0.2) is 0 Å². The van der Waals surface area contributed by atoms with Crippen LogP contribution in [0.2, 0.25) is 0 Å². The molecule has 2 aliphatic heterocycles. The highest BCUT2D eigenvalue weighted by Crippen LogP contribution is 2.59. The van der Waals surface area contributed by atoms with Crippen molar-refractivity contribution < 1.29 is 8.83 Å². The first-order valence-corrected chi connectivity index (χ1v) is 27.0. The van der Waals surface area contributed by atoms with Crippen LogP contribution in [0, 0.1) is 0 Å². The fourth-order valence-corrected chi connectivity index (χ4v) is 13.8. The van der Waals surface area contributed by atoms with Gasteiger partial charge in [0.25, 0.3) is 0 Å². The molecule has 0 fully saturated rings. The Hall–Kier alpha value is -7.24. The Morgan fingerprint density at radius 3 is 1.89 bits per heavy atom. The SMILES string of the molecule is CC(C)(C)c1ccc(N2B3c4cc5occc5cc4N(c4ccc(C(C)(C)C)cc4-c4ccccc4)c4cc5c(c(c43)-c3cc4c(cc32)oc2cc3c(cc24)C(C)(C)CCC3(C)C)C(C)(C)c2ccccc2-5)cc1. The van der Waals surface area contributed by atoms with Crippen LogP contribution in [0.15, 0.2) is 161 Å². The molecule has 0 saturated heterocycles. The van der Waals surface area contributed by atoms with Gasteiger partial charge in [-0.15, -0.1) is 0 Å². The molecule has 4 nitrogen and oxygen atoms in total. The van der Waals surface area contributed by atoms with E-state index >= 15 is 0 Å². The van der Waals surface area contributed by atoms with Gasteiger partial charge in [-0.3, -0.25) is 0 Å². The first kappa shape index (κ1) is 45.4. The average Bonchev–Trinajstić information content (AvgIpc) is 4.06. The second-order valence-corrected chi connectivity index (χ2v) is 26.0. The minimum atomic E-state index is -0.309. The molecule has 8 aromatic carbocycles. The molecule has 0 atom stereocenters. The lowest BCUT2D eigenvalue weighted by molar-refractivity contribution is 0.332. The zero-order valence-electron chi connectivity index (χ0n) is 45.1. The van der Waals surface area contributed by atoms with E-state index in [0.29, 0.717) is 0 Å². The van der Waals surface area contributed by atoms with Crippen molar-refractivity contribution in [3.63, 3.8) is 0 Å². The van der Waals surface area contributed by atoms with Gasteiger partial charge >= 0.3 is 6.85 Å². The van der Waals surface area contributed by atoms with E-state index in [-0.39, 0.29) is 33.9 Å². The molecule has 0 saturated carbocycles. The van der Waals surface area contributed by atoms with Crippen molar-refractivity contribution in [2.75, 3.05) is 9.71 Å². The number of furan rings is 2. The van der Waals surface area contributed by atoms with E-state index in [1.165, 1.54) is 88.8 Å². The number of hydrogen-bond donors (Lipinski definition) is 0. The van der Waals surface area contributed by atoms with Crippen LogP contribution in [0.3, 0.4) is 0 Å². The van der Waals surface area contributed by atoms with Gasteiger partial charge in [-0.2, -0.15) is 0 Å². The van der Waals surface area contributed by atoms with Gasteiger partial charge in [0.2, 0.25) is 0 Å². The Morgan fingerprint density at radius 2 is 1.16 bits per heavy atom. The number of hydrogen-bond acceptors (Lipinski definition) is 4. The summed E-state index contributed by atoms with van der Waals surface area (Å²) in [5, 5.41) is 3.43. The van der Waals surface area contributed by atoms with E-state index < -0.39 is 0 Å². The lowest BCUT2D eigenvalue weighted by Gasteiger charge is -2.47. The molecule has 74 heavy (non-hydrogen) atoms. The molecular formula is C69H65BN2O2. The standard InChI is InChI=1S/C69H65BN2O2/c1-65(2,3)42-22-25-44(26-23-42)72-56-39-61-47(48-35-52-53(37-60(48)74-61)68(9,10)30-29-67(52,7)8)34-50(56)62-63-49(45-20-16-17-21-51(45)69(63,11)12)36-58-64(62)70(72)54-38-59-41(28-31-73-59)32-57(54)71(58)55-27-24-43(66(4,5)6)33-46(55)40-18-14-13-15-19-40/h13-28,31-39H,29-30H2,1-12H3. The molecule has 2 aromatic heterocycles. The van der Waals surface area contributed by atoms with Crippen LogP contribution < -0.4 is 20.6 Å². The van der Waals surface area contributed by atoms with E-state index in [0.717, 1.165) is 63.1 Å². The predicted molar refractivity (Wildman–Crippen MR) is 313 cm³/mol. The predicted octanol–water partition coefficient (Wildman–Crippen LogP) is 18.0. The molecule has 10 aromatic rings. The molecule has 366 valence electrons. The summed E-state index contributed by atoms with van der Waals surface area (Å²) in [6.45, 7) is 28.2. The van der Waals surface area contributed by atoms with Crippen molar-refractivity contribution in [2.45, 2.75) is 123 Å². The van der Waals surface area contributed by atoms with Crippen LogP contribution in [0.25, 0.3) is 66.3 Å². The fraction of sp³-hybridized carbons (Fsp3) is 0.275. The topological polar surface area (TPSA) is 32.8 Å². The molecule has 0 radical (unpaired) electrons. The largest absolute Gasteiger partial charge is 0.464 e. The molecule has 0 spiro atoms. The van der Waals surface area contributed by atoms with Crippen molar-refractivity contribution >= 4 is 79.1 Å². The highest BCUT2D eigenvalue weighted by Gasteiger charge is 2.51. The summed E-state index contributed by atoms with van der Waals surface area (Å²) in [5.74, 6) is 0. The maximum Gasteiger partial charge on any atom is 0.333 e. The van der Waals surface area contributed by atoms with Crippen molar-refractivity contribution in [1.29, 1.82) is 0 Å². The lowest BCUT2D eigenvalue weighted by Crippen LogP contribution is -2.62. The van der Waals surface area contributed by atoms with E-state index in [1.54, 1.807) is 0 Å². The lowest BCUT2D eigenvalue weighted by atomic mass is 9.42. The van der Waals surface area contributed by atoms with Gasteiger partial charge in [0.05, 0.1) is 12.0 Å². The molecule has 4 heterocycles. The van der Waals surface area contributed by atoms with E-state index in [9.17, 15) is 0 Å². The zero-order chi connectivity index (χ0) is 51.2. The van der Waals surface area contributed by atoms with E-state index in [1.807, 2.05) is 6.26 Å². The van der Waals surface area contributed by atoms with Gasteiger partial charge in [0, 0.05) is 61.5 Å². The van der Waals surface area contributed by atoms with Gasteiger partial charge in [-0.05, 0) is 168 Å². The number of benzene rings is 8. The summed E-state index contributed by atoms with van der Waals surface area (Å²) >= 11 is 0. The zero-order valence-corrected chi connectivity index (χ0v) is 45.1. The van der Waals surface area contributed by atoms with Crippen LogP contribution in [0.4, 0.5) is 28.4 Å². The highest BCUT2D eigenvalue weighted by atomic mass is 16.3. The number of anilines is 5. The minimum Gasteiger partial charge on any atom is -0.464 e. The molecule has 0 amide bonds. The quantitative estimate of drug-likeness (QED) is 0.165. The third kappa shape index (κ3) is 6.34. The maximum atomic E-state index is 7.20. The second kappa shape index (κ2) is 15.0. The van der Waals surface area contributed by atoms with E-state index in [4.69, 9.17) is 8.83 Å². The molecule has 0 N–H and O–H groups in total. The van der Waals surface area contributed by atoms with Crippen LogP contribution in [0.1, 0.15) is 129 Å². The summed E-state index contributed by atoms with van der Waals surface area (Å²) in [4.78, 5) is 5.26. The van der Waals surface area contributed by atoms with Gasteiger partial charge < -0.3 is 18.5 Å². The minimum absolute atomic E-state index is 0.0101. The van der Waals surface area contributed by atoms with Crippen LogP contribution >= 0.6 is 0 Å². The number of rotatable bonds is 3. The Balaban J connectivity index is 1.16. The van der Waals surface area contributed by atoms with Crippen molar-refractivity contribution in [2.24, 2.45) is 0 Å². The second-order valence-electron chi connectivity index (χ2n) is 26.0. The summed E-state index contributed by atoms with van der Waals surface area (Å²) < 4.78 is 13.6. The molecule has 4 aliphatic rings. The van der Waals surface area contributed by atoms with Crippen molar-refractivity contribution in [3.8, 4) is 33.4 Å². The summed E-state index contributed by atoms with van der Waals surface area (Å²) in [6, 6.07) is 56.0. The van der Waals surface area contributed by atoms with Crippen LogP contribution in [-0.2, 0) is 27.1 Å². The van der Waals surface area contributed by atoms with Gasteiger partial charge in [-0.1, -0.05) is 156 Å². The van der Waals surface area contributed by atoms with E-state index in [2.05, 4.69) is 238 Å². The first-order valence-electron chi connectivity index (χ1n) is 27.0. The highest BCUT2D eigenvalue weighted by molar-refractivity contribution is 6.94. The summed E-state index contributed by atoms with van der Waals surface area (Å²) in [7, 11) is 0. The van der Waals surface area contributed by atoms with Crippen LogP contribution in [-0.4, -0.2) is 6.85 Å². The molecule has 0 unspecified atom stereocenters. The number of fused-ring (bicyclic) bond motifs is 13. The number of nitrogens with zero attached hydrogens (tertiary/aromatic N) is 2. The van der Waals surface area contributed by atoms with Gasteiger partial charge in [0.15, 0.2) is 0 Å². The smallest absolute Gasteiger partial charge is 0.333 e. The molecule has 14 rings (SSSR count). The molecule has 0 bridgehead atoms. The molecule has 5 heteroatoms. The monoisotopic (exact) mass is 965 g/mol. The average molecular weight is 965 g/mol. The third-order valence-electron chi connectivity index (χ3n) is 18.1. The summed E-state index contributed by atoms with van der Waals surface area (Å²) in [5.41, 5.74) is 26.5. The van der Waals surface area contributed by atoms with Gasteiger partial charge in [0.1, 0.15) is 16.7 Å². The maximum absolute atomic E-state index is 7.20. The Kier molecular flexibility index (Phi) is 9.18. The van der Waals surface area contributed by atoms with Crippen molar-refractivity contribution in [1.82, 2.24) is 0 Å². The molecular weight excluding hydrogens is 900 g/mol. The Bertz CT molecular complexity index is 4020.